The zero-order chi connectivity index (χ0) is 15.4. The third kappa shape index (κ3) is 3.47. The number of rotatable bonds is 4. The Morgan fingerprint density at radius 2 is 2.00 bits per heavy atom. The van der Waals surface area contributed by atoms with Crippen molar-refractivity contribution in [2.75, 3.05) is 11.9 Å². The highest BCUT2D eigenvalue weighted by atomic mass is 19.1. The molecule has 6 heteroatoms. The van der Waals surface area contributed by atoms with E-state index < -0.39 is 11.6 Å². The van der Waals surface area contributed by atoms with Crippen LogP contribution < -0.4 is 10.6 Å². The predicted molar refractivity (Wildman–Crippen MR) is 77.4 cm³/mol. The smallest absolute Gasteiger partial charge is 0.170 e. The molecule has 2 aromatic carbocycles. The lowest BCUT2D eigenvalue weighted by Gasteiger charge is -2.20. The maximum atomic E-state index is 13.6. The number of hydrogen-bond acceptors (Lipinski definition) is 3. The van der Waals surface area contributed by atoms with E-state index in [1.807, 2.05) is 0 Å². The number of nitrogens with two attached hydrogens (primary N) is 1. The first kappa shape index (κ1) is 14.8. The summed E-state index contributed by atoms with van der Waals surface area (Å²) in [6, 6.07) is 10.3. The van der Waals surface area contributed by atoms with Gasteiger partial charge in [-0.05, 0) is 30.3 Å². The van der Waals surface area contributed by atoms with E-state index >= 15 is 0 Å². The minimum Gasteiger partial charge on any atom is -0.409 e. The second-order valence-corrected chi connectivity index (χ2v) is 4.63. The van der Waals surface area contributed by atoms with Gasteiger partial charge in [0, 0.05) is 30.4 Å². The SMILES string of the molecule is CN(Cc1cc(F)ccc1F)c1cccc(/C(N)=N/O)c1. The summed E-state index contributed by atoms with van der Waals surface area (Å²) in [7, 11) is 1.75. The minimum absolute atomic E-state index is 0.0119. The number of halogens is 2. The molecule has 0 aromatic heterocycles. The number of oxime groups is 1. The second-order valence-electron chi connectivity index (χ2n) is 4.63. The van der Waals surface area contributed by atoms with Crippen LogP contribution in [0.2, 0.25) is 0 Å². The average molecular weight is 291 g/mol. The van der Waals surface area contributed by atoms with E-state index in [0.717, 1.165) is 17.8 Å². The van der Waals surface area contributed by atoms with E-state index in [1.165, 1.54) is 6.07 Å². The highest BCUT2D eigenvalue weighted by molar-refractivity contribution is 5.97. The van der Waals surface area contributed by atoms with Gasteiger partial charge >= 0.3 is 0 Å². The quantitative estimate of drug-likeness (QED) is 0.394. The molecule has 0 amide bonds. The third-order valence-corrected chi connectivity index (χ3v) is 3.11. The predicted octanol–water partition coefficient (Wildman–Crippen LogP) is 2.70. The molecule has 0 aliphatic rings. The molecule has 110 valence electrons. The molecule has 0 atom stereocenters. The van der Waals surface area contributed by atoms with Crippen molar-refractivity contribution in [1.29, 1.82) is 0 Å². The number of nitrogens with zero attached hydrogens (tertiary/aromatic N) is 2. The lowest BCUT2D eigenvalue weighted by Crippen LogP contribution is -2.19. The maximum absolute atomic E-state index is 13.6. The van der Waals surface area contributed by atoms with Crippen LogP contribution >= 0.6 is 0 Å². The maximum Gasteiger partial charge on any atom is 0.170 e. The highest BCUT2D eigenvalue weighted by Gasteiger charge is 2.09. The van der Waals surface area contributed by atoms with Crippen LogP contribution in [-0.2, 0) is 6.54 Å². The van der Waals surface area contributed by atoms with Gasteiger partial charge in [-0.25, -0.2) is 8.78 Å². The summed E-state index contributed by atoms with van der Waals surface area (Å²) in [5.41, 5.74) is 7.07. The fourth-order valence-electron chi connectivity index (χ4n) is 1.97. The lowest BCUT2D eigenvalue weighted by molar-refractivity contribution is 0.318. The molecule has 0 saturated heterocycles. The summed E-state index contributed by atoms with van der Waals surface area (Å²) < 4.78 is 26.8. The van der Waals surface area contributed by atoms with Gasteiger partial charge in [0.25, 0.3) is 0 Å². The Labute approximate surface area is 121 Å². The molecule has 21 heavy (non-hydrogen) atoms. The Kier molecular flexibility index (Phi) is 4.37. The monoisotopic (exact) mass is 291 g/mol. The Hall–Kier alpha value is -2.63. The number of hydrogen-bond donors (Lipinski definition) is 2. The first-order valence-electron chi connectivity index (χ1n) is 6.24. The van der Waals surface area contributed by atoms with Gasteiger partial charge in [-0.1, -0.05) is 17.3 Å². The molecule has 0 saturated carbocycles. The second kappa shape index (κ2) is 6.21. The van der Waals surface area contributed by atoms with Crippen molar-refractivity contribution in [3.05, 3.63) is 65.2 Å². The lowest BCUT2D eigenvalue weighted by atomic mass is 10.1. The molecule has 2 rings (SSSR count). The van der Waals surface area contributed by atoms with Crippen LogP contribution in [0.15, 0.2) is 47.6 Å². The molecule has 0 unspecified atom stereocenters. The van der Waals surface area contributed by atoms with Crippen molar-refractivity contribution >= 4 is 11.5 Å². The van der Waals surface area contributed by atoms with Crippen molar-refractivity contribution in [3.63, 3.8) is 0 Å². The molecule has 0 aliphatic carbocycles. The fraction of sp³-hybridized carbons (Fsp3) is 0.133. The third-order valence-electron chi connectivity index (χ3n) is 3.11. The molecule has 0 bridgehead atoms. The average Bonchev–Trinajstić information content (AvgIpc) is 2.50. The highest BCUT2D eigenvalue weighted by Crippen LogP contribution is 2.19. The van der Waals surface area contributed by atoms with Crippen molar-refractivity contribution in [2.45, 2.75) is 6.54 Å². The minimum atomic E-state index is -0.481. The Balaban J connectivity index is 2.24. The fourth-order valence-corrected chi connectivity index (χ4v) is 1.97. The van der Waals surface area contributed by atoms with Crippen molar-refractivity contribution in [2.24, 2.45) is 10.9 Å². The number of anilines is 1. The molecule has 0 heterocycles. The summed E-state index contributed by atoms with van der Waals surface area (Å²) in [5, 5.41) is 11.6. The topological polar surface area (TPSA) is 61.8 Å². The van der Waals surface area contributed by atoms with E-state index in [0.29, 0.717) is 5.56 Å². The number of amidine groups is 1. The Morgan fingerprint density at radius 3 is 2.71 bits per heavy atom. The summed E-state index contributed by atoms with van der Waals surface area (Å²) in [6.45, 7) is 0.198. The van der Waals surface area contributed by atoms with Gasteiger partial charge in [0.15, 0.2) is 5.84 Å². The summed E-state index contributed by atoms with van der Waals surface area (Å²) in [5.74, 6) is -0.955. The molecular formula is C15H15F2N3O. The van der Waals surface area contributed by atoms with Crippen LogP contribution in [0, 0.1) is 11.6 Å². The van der Waals surface area contributed by atoms with E-state index in [9.17, 15) is 8.78 Å². The molecular weight excluding hydrogens is 276 g/mol. The molecule has 2 aromatic rings. The zero-order valence-electron chi connectivity index (χ0n) is 11.4. The van der Waals surface area contributed by atoms with Crippen molar-refractivity contribution < 1.29 is 14.0 Å². The van der Waals surface area contributed by atoms with Gasteiger partial charge in [-0.3, -0.25) is 0 Å². The van der Waals surface area contributed by atoms with E-state index in [2.05, 4.69) is 5.16 Å². The van der Waals surface area contributed by atoms with Gasteiger partial charge in [-0.2, -0.15) is 0 Å². The van der Waals surface area contributed by atoms with E-state index in [-0.39, 0.29) is 17.9 Å². The van der Waals surface area contributed by atoms with E-state index in [4.69, 9.17) is 10.9 Å². The Morgan fingerprint density at radius 1 is 1.24 bits per heavy atom. The zero-order valence-corrected chi connectivity index (χ0v) is 11.4. The molecule has 0 aliphatic heterocycles. The van der Waals surface area contributed by atoms with Crippen LogP contribution in [0.3, 0.4) is 0 Å². The van der Waals surface area contributed by atoms with Crippen molar-refractivity contribution in [3.8, 4) is 0 Å². The van der Waals surface area contributed by atoms with Gasteiger partial charge in [0.2, 0.25) is 0 Å². The van der Waals surface area contributed by atoms with Gasteiger partial charge in [-0.15, -0.1) is 0 Å². The van der Waals surface area contributed by atoms with Crippen LogP contribution in [0.4, 0.5) is 14.5 Å². The van der Waals surface area contributed by atoms with Crippen LogP contribution in [0.25, 0.3) is 0 Å². The molecule has 0 fully saturated rings. The Bertz CT molecular complexity index is 674. The van der Waals surface area contributed by atoms with E-state index in [1.54, 1.807) is 36.2 Å². The normalized spacial score (nSPS) is 11.5. The first-order valence-corrected chi connectivity index (χ1v) is 6.24. The standard InChI is InChI=1S/C15H15F2N3O/c1-20(9-11-7-12(16)5-6-14(11)17)13-4-2-3-10(8-13)15(18)19-21/h2-8,21H,9H2,1H3,(H2,18,19). The van der Waals surface area contributed by atoms with Gasteiger partial charge in [0.1, 0.15) is 11.6 Å². The van der Waals surface area contributed by atoms with Crippen LogP contribution in [0.5, 0.6) is 0 Å². The summed E-state index contributed by atoms with van der Waals surface area (Å²) >= 11 is 0. The molecule has 0 spiro atoms. The first-order chi connectivity index (χ1) is 10.0. The van der Waals surface area contributed by atoms with Crippen molar-refractivity contribution in [1.82, 2.24) is 0 Å². The molecule has 0 radical (unpaired) electrons. The molecule has 4 nitrogen and oxygen atoms in total. The van der Waals surface area contributed by atoms with Gasteiger partial charge in [0.05, 0.1) is 0 Å². The largest absolute Gasteiger partial charge is 0.409 e. The van der Waals surface area contributed by atoms with Crippen LogP contribution in [-0.4, -0.2) is 18.1 Å². The molecule has 3 N–H and O–H groups in total. The number of benzene rings is 2. The summed E-state index contributed by atoms with van der Waals surface area (Å²) in [4.78, 5) is 1.74. The van der Waals surface area contributed by atoms with Crippen LogP contribution in [0.1, 0.15) is 11.1 Å². The summed E-state index contributed by atoms with van der Waals surface area (Å²) in [6.07, 6.45) is 0. The van der Waals surface area contributed by atoms with Gasteiger partial charge < -0.3 is 15.8 Å².